The summed E-state index contributed by atoms with van der Waals surface area (Å²) in [7, 11) is 0. The van der Waals surface area contributed by atoms with Gasteiger partial charge in [0.05, 0.1) is 5.69 Å². The summed E-state index contributed by atoms with van der Waals surface area (Å²) >= 11 is 0. The van der Waals surface area contributed by atoms with E-state index < -0.39 is 0 Å². The SMILES string of the molecule is c1cc(N[n+]2ccc(-n3cnc(C4CC4)n3)cc2)nc(-c2nncn2C2CC2)c1. The molecule has 4 aromatic rings. The van der Waals surface area contributed by atoms with E-state index in [1.54, 1.807) is 12.7 Å². The molecule has 0 atom stereocenters. The Bertz CT molecular complexity index is 1150. The number of pyridine rings is 2. The molecule has 0 radical (unpaired) electrons. The lowest BCUT2D eigenvalue weighted by atomic mass is 10.3. The van der Waals surface area contributed by atoms with Gasteiger partial charge in [0.2, 0.25) is 12.4 Å². The van der Waals surface area contributed by atoms with Crippen molar-refractivity contribution in [2.75, 3.05) is 5.43 Å². The summed E-state index contributed by atoms with van der Waals surface area (Å²) in [5.74, 6) is 3.05. The molecule has 0 amide bonds. The van der Waals surface area contributed by atoms with Crippen molar-refractivity contribution in [2.45, 2.75) is 37.6 Å². The van der Waals surface area contributed by atoms with Crippen LogP contribution in [0.15, 0.2) is 55.4 Å². The second-order valence-electron chi connectivity index (χ2n) is 7.60. The van der Waals surface area contributed by atoms with Gasteiger partial charge in [0.15, 0.2) is 17.5 Å². The molecule has 0 saturated heterocycles. The van der Waals surface area contributed by atoms with Crippen LogP contribution in [0.1, 0.15) is 43.5 Å². The van der Waals surface area contributed by atoms with Crippen LogP contribution in [0.4, 0.5) is 5.82 Å². The van der Waals surface area contributed by atoms with E-state index in [4.69, 9.17) is 4.98 Å². The summed E-state index contributed by atoms with van der Waals surface area (Å²) in [4.78, 5) is 9.12. The molecule has 0 aliphatic heterocycles. The Morgan fingerprint density at radius 2 is 1.86 bits per heavy atom. The van der Waals surface area contributed by atoms with E-state index >= 15 is 0 Å². The van der Waals surface area contributed by atoms with Gasteiger partial charge in [-0.1, -0.05) is 10.7 Å². The molecule has 0 bridgehead atoms. The smallest absolute Gasteiger partial charge is 0.202 e. The fraction of sp³-hybridized carbons (Fsp3) is 0.300. The van der Waals surface area contributed by atoms with Gasteiger partial charge in [-0.2, -0.15) is 5.10 Å². The first-order chi connectivity index (χ1) is 14.3. The largest absolute Gasteiger partial charge is 0.309 e. The first kappa shape index (κ1) is 16.3. The lowest BCUT2D eigenvalue weighted by molar-refractivity contribution is -0.643. The van der Waals surface area contributed by atoms with Gasteiger partial charge in [-0.25, -0.2) is 14.6 Å². The molecule has 4 aromatic heterocycles. The van der Waals surface area contributed by atoms with Crippen molar-refractivity contribution < 1.29 is 4.68 Å². The van der Waals surface area contributed by atoms with Crippen molar-refractivity contribution in [2.24, 2.45) is 0 Å². The van der Waals surface area contributed by atoms with Crippen molar-refractivity contribution in [3.63, 3.8) is 0 Å². The summed E-state index contributed by atoms with van der Waals surface area (Å²) in [5.41, 5.74) is 5.07. The van der Waals surface area contributed by atoms with Crippen LogP contribution in [0.2, 0.25) is 0 Å². The van der Waals surface area contributed by atoms with E-state index in [1.807, 2.05) is 52.1 Å². The highest BCUT2D eigenvalue weighted by molar-refractivity contribution is 5.53. The molecule has 2 aliphatic rings. The van der Waals surface area contributed by atoms with Gasteiger partial charge < -0.3 is 4.57 Å². The molecule has 0 aromatic carbocycles. The second kappa shape index (κ2) is 6.47. The third-order valence-electron chi connectivity index (χ3n) is 5.26. The molecule has 0 unspecified atom stereocenters. The first-order valence-electron chi connectivity index (χ1n) is 9.91. The Hall–Kier alpha value is -3.62. The maximum Gasteiger partial charge on any atom is 0.202 e. The zero-order valence-corrected chi connectivity index (χ0v) is 15.8. The van der Waals surface area contributed by atoms with Crippen molar-refractivity contribution in [3.05, 3.63) is 61.2 Å². The Morgan fingerprint density at radius 3 is 2.66 bits per heavy atom. The van der Waals surface area contributed by atoms with Gasteiger partial charge in [0, 0.05) is 24.1 Å². The lowest BCUT2D eigenvalue weighted by Crippen LogP contribution is -2.41. The standard InChI is InChI=1S/C20H20N9/c1-2-17(20-24-22-13-28(20)15-6-7-15)23-18(3-1)25-27-10-8-16(9-11-27)29-12-21-19(26-29)14-4-5-14/h1-3,8-15H,4-7H2,(H,23,25)/q+1. The fourth-order valence-corrected chi connectivity index (χ4v) is 3.37. The van der Waals surface area contributed by atoms with Gasteiger partial charge in [-0.15, -0.1) is 15.6 Å². The minimum Gasteiger partial charge on any atom is -0.309 e. The minimum absolute atomic E-state index is 0.512. The van der Waals surface area contributed by atoms with Crippen LogP contribution in [0.25, 0.3) is 17.2 Å². The molecule has 144 valence electrons. The van der Waals surface area contributed by atoms with Gasteiger partial charge in [0.25, 0.3) is 0 Å². The number of nitrogens with zero attached hydrogens (tertiary/aromatic N) is 8. The summed E-state index contributed by atoms with van der Waals surface area (Å²) in [6.45, 7) is 0. The summed E-state index contributed by atoms with van der Waals surface area (Å²) in [5, 5.41) is 12.9. The van der Waals surface area contributed by atoms with Crippen LogP contribution < -0.4 is 10.1 Å². The molecule has 9 heteroatoms. The van der Waals surface area contributed by atoms with Crippen molar-refractivity contribution in [1.82, 2.24) is 34.5 Å². The molecule has 2 saturated carbocycles. The second-order valence-corrected chi connectivity index (χ2v) is 7.60. The van der Waals surface area contributed by atoms with Crippen LogP contribution in [0.5, 0.6) is 0 Å². The monoisotopic (exact) mass is 386 g/mol. The van der Waals surface area contributed by atoms with E-state index in [9.17, 15) is 0 Å². The molecule has 1 N–H and O–H groups in total. The minimum atomic E-state index is 0.512. The molecule has 9 nitrogen and oxygen atoms in total. The van der Waals surface area contributed by atoms with Crippen LogP contribution in [-0.2, 0) is 0 Å². The number of anilines is 1. The molecular formula is C20H20N9+. The third kappa shape index (κ3) is 3.24. The van der Waals surface area contributed by atoms with Crippen molar-refractivity contribution in [1.29, 1.82) is 0 Å². The third-order valence-corrected chi connectivity index (χ3v) is 5.26. The number of hydrogen-bond acceptors (Lipinski definition) is 6. The van der Waals surface area contributed by atoms with E-state index in [0.717, 1.165) is 28.8 Å². The average Bonchev–Trinajstić information content (AvgIpc) is 3.69. The van der Waals surface area contributed by atoms with Gasteiger partial charge in [-0.05, 0) is 37.8 Å². The number of hydrogen-bond donors (Lipinski definition) is 1. The van der Waals surface area contributed by atoms with E-state index in [1.165, 1.54) is 25.7 Å². The van der Waals surface area contributed by atoms with Crippen LogP contribution in [0.3, 0.4) is 0 Å². The molecular weight excluding hydrogens is 366 g/mol. The lowest BCUT2D eigenvalue weighted by Gasteiger charge is -2.06. The quantitative estimate of drug-likeness (QED) is 0.512. The van der Waals surface area contributed by atoms with Gasteiger partial charge in [0.1, 0.15) is 18.3 Å². The first-order valence-corrected chi connectivity index (χ1v) is 9.91. The highest BCUT2D eigenvalue weighted by Crippen LogP contribution is 2.38. The predicted octanol–water partition coefficient (Wildman–Crippen LogP) is 2.30. The Kier molecular flexibility index (Phi) is 3.65. The van der Waals surface area contributed by atoms with E-state index in [0.29, 0.717) is 12.0 Å². The molecule has 29 heavy (non-hydrogen) atoms. The summed E-state index contributed by atoms with van der Waals surface area (Å²) < 4.78 is 5.80. The predicted molar refractivity (Wildman–Crippen MR) is 104 cm³/mol. The fourth-order valence-electron chi connectivity index (χ4n) is 3.37. The normalized spacial score (nSPS) is 16.1. The highest BCUT2D eigenvalue weighted by atomic mass is 15.4. The average molecular weight is 386 g/mol. The maximum absolute atomic E-state index is 4.71. The summed E-state index contributed by atoms with van der Waals surface area (Å²) in [6.07, 6.45) is 12.2. The van der Waals surface area contributed by atoms with Gasteiger partial charge >= 0.3 is 0 Å². The number of nitrogens with one attached hydrogen (secondary N) is 1. The van der Waals surface area contributed by atoms with Crippen molar-refractivity contribution >= 4 is 5.82 Å². The number of aromatic nitrogens is 8. The van der Waals surface area contributed by atoms with Crippen molar-refractivity contribution in [3.8, 4) is 17.2 Å². The number of rotatable bonds is 6. The molecule has 0 spiro atoms. The Morgan fingerprint density at radius 1 is 1.00 bits per heavy atom. The van der Waals surface area contributed by atoms with Crippen LogP contribution >= 0.6 is 0 Å². The van der Waals surface area contributed by atoms with E-state index in [-0.39, 0.29) is 0 Å². The molecule has 2 aliphatic carbocycles. The van der Waals surface area contributed by atoms with Gasteiger partial charge in [-0.3, -0.25) is 0 Å². The zero-order valence-electron chi connectivity index (χ0n) is 15.8. The van der Waals surface area contributed by atoms with Crippen LogP contribution in [-0.4, -0.2) is 34.5 Å². The molecule has 4 heterocycles. The molecule has 6 rings (SSSR count). The highest BCUT2D eigenvalue weighted by Gasteiger charge is 2.28. The Balaban J connectivity index is 1.21. The Labute approximate surface area is 167 Å². The molecule has 2 fully saturated rings. The topological polar surface area (TPSA) is 90.2 Å². The summed E-state index contributed by atoms with van der Waals surface area (Å²) in [6, 6.07) is 10.4. The maximum atomic E-state index is 4.71. The zero-order chi connectivity index (χ0) is 19.2. The van der Waals surface area contributed by atoms with E-state index in [2.05, 4.69) is 30.3 Å². The van der Waals surface area contributed by atoms with Crippen LogP contribution in [0, 0.1) is 0 Å².